The van der Waals surface area contributed by atoms with Crippen LogP contribution >= 0.6 is 0 Å². The summed E-state index contributed by atoms with van der Waals surface area (Å²) in [5, 5.41) is 13.5. The lowest BCUT2D eigenvalue weighted by atomic mass is 9.92. The van der Waals surface area contributed by atoms with Crippen LogP contribution in [0.2, 0.25) is 0 Å². The third kappa shape index (κ3) is 2.99. The first-order valence-corrected chi connectivity index (χ1v) is 5.87. The molecule has 0 spiro atoms. The molecule has 0 aliphatic carbocycles. The van der Waals surface area contributed by atoms with Gasteiger partial charge in [-0.3, -0.25) is 0 Å². The smallest absolute Gasteiger partial charge is 0.0813 e. The predicted molar refractivity (Wildman–Crippen MR) is 69.9 cm³/mol. The van der Waals surface area contributed by atoms with Gasteiger partial charge in [0, 0.05) is 12.2 Å². The Morgan fingerprint density at radius 3 is 2.19 bits per heavy atom. The molecule has 0 amide bonds. The van der Waals surface area contributed by atoms with E-state index in [0.29, 0.717) is 6.54 Å². The molecule has 0 aromatic heterocycles. The molecule has 2 N–H and O–H groups in total. The second-order valence-corrected chi connectivity index (χ2v) is 5.13. The van der Waals surface area contributed by atoms with Crippen molar-refractivity contribution in [2.75, 3.05) is 11.9 Å². The molecule has 2 heteroatoms. The van der Waals surface area contributed by atoms with E-state index in [4.69, 9.17) is 0 Å². The van der Waals surface area contributed by atoms with E-state index in [1.54, 1.807) is 0 Å². The second kappa shape index (κ2) is 4.88. The van der Waals surface area contributed by atoms with Gasteiger partial charge in [0.15, 0.2) is 0 Å². The van der Waals surface area contributed by atoms with Gasteiger partial charge in [0.1, 0.15) is 0 Å². The van der Waals surface area contributed by atoms with Gasteiger partial charge in [-0.25, -0.2) is 0 Å². The lowest BCUT2D eigenvalue weighted by Gasteiger charge is -2.29. The van der Waals surface area contributed by atoms with Gasteiger partial charge in [-0.2, -0.15) is 0 Å². The van der Waals surface area contributed by atoms with Gasteiger partial charge in [-0.1, -0.05) is 32.0 Å². The number of rotatable bonds is 4. The van der Waals surface area contributed by atoms with E-state index >= 15 is 0 Å². The maximum atomic E-state index is 10.2. The van der Waals surface area contributed by atoms with Gasteiger partial charge < -0.3 is 10.4 Å². The molecule has 1 aromatic carbocycles. The first kappa shape index (κ1) is 13.0. The van der Waals surface area contributed by atoms with Gasteiger partial charge in [-0.15, -0.1) is 0 Å². The fourth-order valence-electron chi connectivity index (χ4n) is 1.56. The number of para-hydroxylation sites is 1. The standard InChI is InChI=1S/C14H23NO/c1-10(2)14(5,16)9-15-13-11(3)7-6-8-12(13)4/h6-8,10,15-16H,9H2,1-5H3. The molecule has 0 heterocycles. The molecule has 2 nitrogen and oxygen atoms in total. The van der Waals surface area contributed by atoms with Crippen LogP contribution in [0.4, 0.5) is 5.69 Å². The highest BCUT2D eigenvalue weighted by Gasteiger charge is 2.24. The van der Waals surface area contributed by atoms with Crippen LogP contribution in [0.5, 0.6) is 0 Å². The van der Waals surface area contributed by atoms with Crippen LogP contribution in [0.15, 0.2) is 18.2 Å². The summed E-state index contributed by atoms with van der Waals surface area (Å²) in [7, 11) is 0. The van der Waals surface area contributed by atoms with Crippen molar-refractivity contribution in [3.63, 3.8) is 0 Å². The van der Waals surface area contributed by atoms with Gasteiger partial charge in [0.05, 0.1) is 5.60 Å². The van der Waals surface area contributed by atoms with Crippen LogP contribution in [0.1, 0.15) is 31.9 Å². The Bertz CT molecular complexity index is 336. The lowest BCUT2D eigenvalue weighted by molar-refractivity contribution is 0.0266. The van der Waals surface area contributed by atoms with Crippen molar-refractivity contribution in [2.24, 2.45) is 5.92 Å². The summed E-state index contributed by atoms with van der Waals surface area (Å²) in [6.07, 6.45) is 0. The summed E-state index contributed by atoms with van der Waals surface area (Å²) < 4.78 is 0. The van der Waals surface area contributed by atoms with Crippen LogP contribution in [0, 0.1) is 19.8 Å². The fraction of sp³-hybridized carbons (Fsp3) is 0.571. The van der Waals surface area contributed by atoms with E-state index < -0.39 is 5.60 Å². The summed E-state index contributed by atoms with van der Waals surface area (Å²) in [6.45, 7) is 10.7. The highest BCUT2D eigenvalue weighted by atomic mass is 16.3. The SMILES string of the molecule is Cc1cccc(C)c1NCC(C)(O)C(C)C. The summed E-state index contributed by atoms with van der Waals surface area (Å²) in [5.41, 5.74) is 2.91. The summed E-state index contributed by atoms with van der Waals surface area (Å²) in [5.74, 6) is 0.240. The van der Waals surface area contributed by atoms with Crippen molar-refractivity contribution in [3.8, 4) is 0 Å². The Labute approximate surface area is 98.7 Å². The van der Waals surface area contributed by atoms with Crippen molar-refractivity contribution < 1.29 is 5.11 Å². The predicted octanol–water partition coefficient (Wildman–Crippen LogP) is 3.12. The topological polar surface area (TPSA) is 32.3 Å². The minimum Gasteiger partial charge on any atom is -0.388 e. The van der Waals surface area contributed by atoms with Crippen LogP contribution in [-0.4, -0.2) is 17.3 Å². The van der Waals surface area contributed by atoms with E-state index in [1.807, 2.05) is 20.8 Å². The molecular formula is C14H23NO. The van der Waals surface area contributed by atoms with Gasteiger partial charge in [0.2, 0.25) is 0 Å². The van der Waals surface area contributed by atoms with E-state index in [1.165, 1.54) is 11.1 Å². The molecule has 0 bridgehead atoms. The number of hydrogen-bond acceptors (Lipinski definition) is 2. The van der Waals surface area contributed by atoms with Crippen LogP contribution in [0.3, 0.4) is 0 Å². The zero-order valence-corrected chi connectivity index (χ0v) is 11.0. The minimum absolute atomic E-state index is 0.240. The van der Waals surface area contributed by atoms with Gasteiger partial charge >= 0.3 is 0 Å². The highest BCUT2D eigenvalue weighted by Crippen LogP contribution is 2.22. The highest BCUT2D eigenvalue weighted by molar-refractivity contribution is 5.56. The monoisotopic (exact) mass is 221 g/mol. The van der Waals surface area contributed by atoms with Crippen molar-refractivity contribution in [2.45, 2.75) is 40.2 Å². The first-order chi connectivity index (χ1) is 7.34. The maximum absolute atomic E-state index is 10.2. The number of nitrogens with one attached hydrogen (secondary N) is 1. The Morgan fingerprint density at radius 1 is 1.25 bits per heavy atom. The number of benzene rings is 1. The van der Waals surface area contributed by atoms with Crippen LogP contribution < -0.4 is 5.32 Å². The van der Waals surface area contributed by atoms with Gasteiger partial charge in [0.25, 0.3) is 0 Å². The minimum atomic E-state index is -0.672. The Hall–Kier alpha value is -1.02. The number of hydrogen-bond donors (Lipinski definition) is 2. The van der Waals surface area contributed by atoms with Crippen molar-refractivity contribution in [3.05, 3.63) is 29.3 Å². The number of anilines is 1. The normalized spacial score (nSPS) is 14.9. The third-order valence-corrected chi connectivity index (χ3v) is 3.35. The molecule has 0 aliphatic heterocycles. The van der Waals surface area contributed by atoms with Crippen LogP contribution in [-0.2, 0) is 0 Å². The van der Waals surface area contributed by atoms with Crippen molar-refractivity contribution in [1.82, 2.24) is 0 Å². The quantitative estimate of drug-likeness (QED) is 0.818. The molecule has 90 valence electrons. The van der Waals surface area contributed by atoms with E-state index in [-0.39, 0.29) is 5.92 Å². The molecule has 0 saturated heterocycles. The molecule has 1 atom stereocenters. The average Bonchev–Trinajstić information content (AvgIpc) is 2.16. The maximum Gasteiger partial charge on any atom is 0.0813 e. The first-order valence-electron chi connectivity index (χ1n) is 5.87. The molecule has 0 radical (unpaired) electrons. The van der Waals surface area contributed by atoms with E-state index in [2.05, 4.69) is 37.4 Å². The number of aliphatic hydroxyl groups is 1. The molecule has 1 unspecified atom stereocenters. The largest absolute Gasteiger partial charge is 0.388 e. The molecule has 1 aromatic rings. The lowest BCUT2D eigenvalue weighted by Crippen LogP contribution is -2.39. The van der Waals surface area contributed by atoms with E-state index in [9.17, 15) is 5.11 Å². The third-order valence-electron chi connectivity index (χ3n) is 3.35. The molecule has 0 aliphatic rings. The van der Waals surface area contributed by atoms with Crippen molar-refractivity contribution in [1.29, 1.82) is 0 Å². The van der Waals surface area contributed by atoms with Crippen molar-refractivity contribution >= 4 is 5.69 Å². The zero-order chi connectivity index (χ0) is 12.3. The summed E-state index contributed by atoms with van der Waals surface area (Å²) in [6, 6.07) is 6.22. The van der Waals surface area contributed by atoms with Crippen LogP contribution in [0.25, 0.3) is 0 Å². The molecule has 16 heavy (non-hydrogen) atoms. The molecule has 0 saturated carbocycles. The molecule has 1 rings (SSSR count). The Morgan fingerprint density at radius 2 is 1.75 bits per heavy atom. The Balaban J connectivity index is 2.75. The summed E-state index contributed by atoms with van der Waals surface area (Å²) >= 11 is 0. The fourth-order valence-corrected chi connectivity index (χ4v) is 1.56. The molecular weight excluding hydrogens is 198 g/mol. The zero-order valence-electron chi connectivity index (χ0n) is 11.0. The molecule has 0 fully saturated rings. The van der Waals surface area contributed by atoms with E-state index in [0.717, 1.165) is 5.69 Å². The van der Waals surface area contributed by atoms with Gasteiger partial charge in [-0.05, 0) is 37.8 Å². The average molecular weight is 221 g/mol. The second-order valence-electron chi connectivity index (χ2n) is 5.13. The number of aryl methyl sites for hydroxylation is 2. The Kier molecular flexibility index (Phi) is 3.98. The summed E-state index contributed by atoms with van der Waals surface area (Å²) in [4.78, 5) is 0.